The molecule has 0 aliphatic heterocycles. The molecule has 0 bridgehead atoms. The van der Waals surface area contributed by atoms with Crippen molar-refractivity contribution in [1.82, 2.24) is 20.0 Å². The molecule has 0 fully saturated rings. The van der Waals surface area contributed by atoms with Gasteiger partial charge in [-0.15, -0.1) is 0 Å². The molecule has 0 unspecified atom stereocenters. The summed E-state index contributed by atoms with van der Waals surface area (Å²) in [4.78, 5) is 24.4. The van der Waals surface area contributed by atoms with E-state index in [1.165, 1.54) is 11.8 Å². The van der Waals surface area contributed by atoms with Gasteiger partial charge >= 0.3 is 5.97 Å². The van der Waals surface area contributed by atoms with E-state index in [9.17, 15) is 9.59 Å². The summed E-state index contributed by atoms with van der Waals surface area (Å²) in [5, 5.41) is 14.4. The van der Waals surface area contributed by atoms with Gasteiger partial charge in [-0.3, -0.25) is 14.6 Å². The number of benzene rings is 1. The van der Waals surface area contributed by atoms with Crippen LogP contribution in [0.5, 0.6) is 0 Å². The average molecular weight is 408 g/mol. The van der Waals surface area contributed by atoms with Gasteiger partial charge in [-0.2, -0.15) is 10.2 Å². The smallest absolute Gasteiger partial charge is 0.360 e. The molecule has 3 rings (SSSR count). The first kappa shape index (κ1) is 18.9. The molecule has 0 saturated heterocycles. The lowest BCUT2D eigenvalue weighted by Gasteiger charge is -2.02. The molecule has 0 radical (unpaired) electrons. The summed E-state index contributed by atoms with van der Waals surface area (Å²) in [5.74, 6) is -1.13. The molecule has 2 aromatic heterocycles. The van der Waals surface area contributed by atoms with Crippen LogP contribution in [0.1, 0.15) is 27.9 Å². The van der Waals surface area contributed by atoms with Crippen LogP contribution in [0.25, 0.3) is 11.3 Å². The number of nitrogens with zero attached hydrogens (tertiary/aromatic N) is 3. The highest BCUT2D eigenvalue weighted by molar-refractivity contribution is 6.36. The van der Waals surface area contributed by atoms with Crippen molar-refractivity contribution < 1.29 is 14.3 Å². The number of rotatable bonds is 5. The molecule has 3 aromatic rings. The predicted molar refractivity (Wildman–Crippen MR) is 101 cm³/mol. The van der Waals surface area contributed by atoms with Crippen LogP contribution in [0.2, 0.25) is 10.0 Å². The lowest BCUT2D eigenvalue weighted by molar-refractivity contribution is 0.0594. The van der Waals surface area contributed by atoms with E-state index in [0.29, 0.717) is 27.8 Å². The molecule has 27 heavy (non-hydrogen) atoms. The van der Waals surface area contributed by atoms with E-state index in [-0.39, 0.29) is 17.1 Å². The Balaban J connectivity index is 1.85. The summed E-state index contributed by atoms with van der Waals surface area (Å²) < 4.78 is 6.22. The Morgan fingerprint density at radius 1 is 1.30 bits per heavy atom. The quantitative estimate of drug-likeness (QED) is 0.628. The Hall–Kier alpha value is -2.84. The average Bonchev–Trinajstić information content (AvgIpc) is 3.28. The maximum Gasteiger partial charge on any atom is 0.360 e. The summed E-state index contributed by atoms with van der Waals surface area (Å²) in [6.07, 6.45) is 1.55. The molecule has 0 saturated carbocycles. The lowest BCUT2D eigenvalue weighted by Crippen LogP contribution is -2.15. The minimum Gasteiger partial charge on any atom is -0.464 e. The Morgan fingerprint density at radius 3 is 2.74 bits per heavy atom. The van der Waals surface area contributed by atoms with Crippen LogP contribution < -0.4 is 5.32 Å². The summed E-state index contributed by atoms with van der Waals surface area (Å²) in [7, 11) is 1.25. The zero-order chi connectivity index (χ0) is 19.6. The predicted octanol–water partition coefficient (Wildman–Crippen LogP) is 3.64. The molecular formula is C17H15Cl2N5O3. The molecule has 10 heteroatoms. The number of ether oxygens (including phenoxy) is 1. The second-order valence-corrected chi connectivity index (χ2v) is 6.33. The number of aromatic amines is 1. The Kier molecular flexibility index (Phi) is 5.48. The number of aryl methyl sites for hydroxylation is 1. The number of methoxy groups -OCH3 is 1. The van der Waals surface area contributed by atoms with Gasteiger partial charge in [0.25, 0.3) is 5.91 Å². The van der Waals surface area contributed by atoms with Crippen LogP contribution in [0.4, 0.5) is 5.69 Å². The third-order valence-corrected chi connectivity index (χ3v) is 4.29. The van der Waals surface area contributed by atoms with E-state index in [1.54, 1.807) is 30.5 Å². The van der Waals surface area contributed by atoms with E-state index in [0.717, 1.165) is 0 Å². The standard InChI is InChI=1S/C17H15Cl2N5O3/c1-3-24-8-14(15(23-24)17(26)27-2)20-16(25)13-7-12(21-22-13)10-5-4-9(18)6-11(10)19/h4-8H,3H2,1-2H3,(H,20,25)(H,21,22). The molecule has 2 N–H and O–H groups in total. The van der Waals surface area contributed by atoms with E-state index >= 15 is 0 Å². The highest BCUT2D eigenvalue weighted by Crippen LogP contribution is 2.29. The third-order valence-electron chi connectivity index (χ3n) is 3.74. The number of aromatic nitrogens is 4. The number of anilines is 1. The van der Waals surface area contributed by atoms with E-state index in [2.05, 4.69) is 20.6 Å². The monoisotopic (exact) mass is 407 g/mol. The van der Waals surface area contributed by atoms with E-state index in [4.69, 9.17) is 27.9 Å². The Bertz CT molecular complexity index is 1010. The van der Waals surface area contributed by atoms with Crippen molar-refractivity contribution >= 4 is 40.8 Å². The van der Waals surface area contributed by atoms with E-state index in [1.807, 2.05) is 6.92 Å². The number of nitrogens with one attached hydrogen (secondary N) is 2. The van der Waals surface area contributed by atoms with Crippen molar-refractivity contribution in [2.75, 3.05) is 12.4 Å². The van der Waals surface area contributed by atoms with Crippen LogP contribution >= 0.6 is 23.2 Å². The maximum atomic E-state index is 12.5. The van der Waals surface area contributed by atoms with Gasteiger partial charge in [0.15, 0.2) is 5.69 Å². The molecular weight excluding hydrogens is 393 g/mol. The normalized spacial score (nSPS) is 10.7. The van der Waals surface area contributed by atoms with Crippen LogP contribution in [0.3, 0.4) is 0 Å². The van der Waals surface area contributed by atoms with Crippen molar-refractivity contribution in [2.24, 2.45) is 0 Å². The number of hydrogen-bond donors (Lipinski definition) is 2. The highest BCUT2D eigenvalue weighted by Gasteiger charge is 2.21. The van der Waals surface area contributed by atoms with Crippen molar-refractivity contribution in [3.8, 4) is 11.3 Å². The fraction of sp³-hybridized carbons (Fsp3) is 0.176. The summed E-state index contributed by atoms with van der Waals surface area (Å²) in [5.41, 5.74) is 1.57. The zero-order valence-corrected chi connectivity index (χ0v) is 15.9. The number of hydrogen-bond acceptors (Lipinski definition) is 5. The topological polar surface area (TPSA) is 102 Å². The van der Waals surface area contributed by atoms with Crippen molar-refractivity contribution in [3.05, 3.63) is 51.9 Å². The van der Waals surface area contributed by atoms with Crippen LogP contribution in [0, 0.1) is 0 Å². The molecule has 0 atom stereocenters. The molecule has 1 amide bonds. The first-order chi connectivity index (χ1) is 12.9. The number of amides is 1. The minimum atomic E-state index is -0.643. The molecule has 2 heterocycles. The first-order valence-electron chi connectivity index (χ1n) is 7.90. The van der Waals surface area contributed by atoms with Gasteiger partial charge in [0.2, 0.25) is 0 Å². The van der Waals surface area contributed by atoms with Crippen LogP contribution in [-0.4, -0.2) is 39.0 Å². The van der Waals surface area contributed by atoms with Crippen LogP contribution in [-0.2, 0) is 11.3 Å². The molecule has 0 aliphatic rings. The van der Waals surface area contributed by atoms with Crippen LogP contribution in [0.15, 0.2) is 30.5 Å². The molecule has 0 spiro atoms. The van der Waals surface area contributed by atoms with Gasteiger partial charge in [0.05, 0.1) is 23.5 Å². The van der Waals surface area contributed by atoms with E-state index < -0.39 is 11.9 Å². The zero-order valence-electron chi connectivity index (χ0n) is 14.4. The number of carbonyl (C=O) groups is 2. The summed E-state index contributed by atoms with van der Waals surface area (Å²) in [6, 6.07) is 6.53. The molecule has 8 nitrogen and oxygen atoms in total. The van der Waals surface area contributed by atoms with Gasteiger partial charge in [-0.05, 0) is 31.2 Å². The Morgan fingerprint density at radius 2 is 2.07 bits per heavy atom. The Labute approximate surface area is 164 Å². The van der Waals surface area contributed by atoms with Crippen molar-refractivity contribution in [1.29, 1.82) is 0 Å². The molecule has 140 valence electrons. The molecule has 1 aromatic carbocycles. The van der Waals surface area contributed by atoms with Gasteiger partial charge < -0.3 is 10.1 Å². The van der Waals surface area contributed by atoms with Gasteiger partial charge in [0.1, 0.15) is 5.69 Å². The van der Waals surface area contributed by atoms with Gasteiger partial charge in [-0.1, -0.05) is 23.2 Å². The largest absolute Gasteiger partial charge is 0.464 e. The van der Waals surface area contributed by atoms with Gasteiger partial charge in [-0.25, -0.2) is 4.79 Å². The fourth-order valence-corrected chi connectivity index (χ4v) is 2.89. The molecule has 0 aliphatic carbocycles. The van der Waals surface area contributed by atoms with Crippen molar-refractivity contribution in [3.63, 3.8) is 0 Å². The van der Waals surface area contributed by atoms with Crippen molar-refractivity contribution in [2.45, 2.75) is 13.5 Å². The second kappa shape index (κ2) is 7.81. The van der Waals surface area contributed by atoms with Gasteiger partial charge in [0, 0.05) is 23.3 Å². The third kappa shape index (κ3) is 3.96. The number of halogens is 2. The summed E-state index contributed by atoms with van der Waals surface area (Å²) in [6.45, 7) is 2.39. The maximum absolute atomic E-state index is 12.5. The second-order valence-electron chi connectivity index (χ2n) is 5.48. The lowest BCUT2D eigenvalue weighted by atomic mass is 10.1. The number of H-pyrrole nitrogens is 1. The summed E-state index contributed by atoms with van der Waals surface area (Å²) >= 11 is 12.1. The fourth-order valence-electron chi connectivity index (χ4n) is 2.39. The minimum absolute atomic E-state index is 0.0215. The first-order valence-corrected chi connectivity index (χ1v) is 8.66. The highest BCUT2D eigenvalue weighted by atomic mass is 35.5. The number of esters is 1. The number of carbonyl (C=O) groups excluding carboxylic acids is 2. The SMILES string of the molecule is CCn1cc(NC(=O)c2cc(-c3ccc(Cl)cc3Cl)n[nH]2)c(C(=O)OC)n1.